The van der Waals surface area contributed by atoms with Crippen LogP contribution in [0.25, 0.3) is 0 Å². The van der Waals surface area contributed by atoms with E-state index < -0.39 is 5.12 Å². The topological polar surface area (TPSA) is 53.5 Å². The molecule has 3 aromatic rings. The minimum atomic E-state index is -0.774. The maximum atomic E-state index is 4.75. The average molecular weight is 246 g/mol. The van der Waals surface area contributed by atoms with Crippen molar-refractivity contribution in [3.8, 4) is 0 Å². The predicted molar refractivity (Wildman–Crippen MR) is 64.4 cm³/mol. The van der Waals surface area contributed by atoms with Crippen LogP contribution in [-0.4, -0.2) is 28.7 Å². The van der Waals surface area contributed by atoms with E-state index in [0.29, 0.717) is 0 Å². The Kier molecular flexibility index (Phi) is 2.25. The van der Waals surface area contributed by atoms with E-state index in [2.05, 4.69) is 15.0 Å². The third-order valence-corrected chi connectivity index (χ3v) is 3.25. The minimum Gasteiger partial charge on any atom is -0.287 e. The standard InChI is InChI=1S/C10H10N6S/c17-10(14-4-1-11-7-14,15-5-2-12-8-15)16-6-3-13-9-16/h1-9,17H. The van der Waals surface area contributed by atoms with Crippen LogP contribution in [0.2, 0.25) is 0 Å². The number of aromatic nitrogens is 6. The van der Waals surface area contributed by atoms with Crippen molar-refractivity contribution in [1.29, 1.82) is 0 Å². The van der Waals surface area contributed by atoms with Crippen LogP contribution in [0.1, 0.15) is 0 Å². The number of nitrogens with zero attached hydrogens (tertiary/aromatic N) is 6. The van der Waals surface area contributed by atoms with Crippen molar-refractivity contribution in [2.24, 2.45) is 0 Å². The molecule has 0 aromatic carbocycles. The third-order valence-electron chi connectivity index (χ3n) is 2.55. The van der Waals surface area contributed by atoms with Gasteiger partial charge in [0.15, 0.2) is 0 Å². The molecule has 0 saturated heterocycles. The summed E-state index contributed by atoms with van der Waals surface area (Å²) in [6.07, 6.45) is 15.7. The number of hydrogen-bond donors (Lipinski definition) is 1. The Labute approximate surface area is 103 Å². The van der Waals surface area contributed by atoms with Crippen molar-refractivity contribution < 1.29 is 0 Å². The smallest absolute Gasteiger partial charge is 0.254 e. The van der Waals surface area contributed by atoms with Gasteiger partial charge in [-0.2, -0.15) is 0 Å². The molecule has 86 valence electrons. The monoisotopic (exact) mass is 246 g/mol. The summed E-state index contributed by atoms with van der Waals surface area (Å²) in [5, 5.41) is -0.774. The number of imidazole rings is 3. The van der Waals surface area contributed by atoms with Gasteiger partial charge in [0.25, 0.3) is 5.12 Å². The van der Waals surface area contributed by atoms with Gasteiger partial charge in [0.1, 0.15) is 0 Å². The molecule has 0 radical (unpaired) electrons. The van der Waals surface area contributed by atoms with Gasteiger partial charge in [0, 0.05) is 37.2 Å². The maximum absolute atomic E-state index is 4.75. The zero-order valence-electron chi connectivity index (χ0n) is 8.83. The van der Waals surface area contributed by atoms with Crippen molar-refractivity contribution in [3.05, 3.63) is 56.2 Å². The molecule has 0 aliphatic heterocycles. The molecule has 0 fully saturated rings. The molecule has 3 rings (SSSR count). The Morgan fingerprint density at radius 3 is 1.29 bits per heavy atom. The molecule has 3 aromatic heterocycles. The Morgan fingerprint density at radius 2 is 1.06 bits per heavy atom. The van der Waals surface area contributed by atoms with Gasteiger partial charge in [-0.05, 0) is 0 Å². The lowest BCUT2D eigenvalue weighted by Gasteiger charge is -2.32. The predicted octanol–water partition coefficient (Wildman–Crippen LogP) is 0.870. The molecule has 0 aliphatic carbocycles. The Balaban J connectivity index is 2.21. The van der Waals surface area contributed by atoms with Gasteiger partial charge in [0.05, 0.1) is 19.0 Å². The first-order valence-corrected chi connectivity index (χ1v) is 5.44. The summed E-state index contributed by atoms with van der Waals surface area (Å²) >= 11 is 4.75. The summed E-state index contributed by atoms with van der Waals surface area (Å²) in [7, 11) is 0. The summed E-state index contributed by atoms with van der Waals surface area (Å²) in [4.78, 5) is 12.2. The van der Waals surface area contributed by atoms with Crippen molar-refractivity contribution in [3.63, 3.8) is 0 Å². The molecule has 0 saturated carbocycles. The second-order valence-corrected chi connectivity index (χ2v) is 4.11. The molecule has 0 amide bonds. The van der Waals surface area contributed by atoms with Gasteiger partial charge in [-0.1, -0.05) is 0 Å². The summed E-state index contributed by atoms with van der Waals surface area (Å²) < 4.78 is 5.58. The highest BCUT2D eigenvalue weighted by molar-refractivity contribution is 7.81. The zero-order chi connectivity index (χ0) is 11.7. The van der Waals surface area contributed by atoms with Gasteiger partial charge < -0.3 is 0 Å². The van der Waals surface area contributed by atoms with Crippen LogP contribution in [0.4, 0.5) is 0 Å². The van der Waals surface area contributed by atoms with Gasteiger partial charge in [-0.25, -0.2) is 15.0 Å². The van der Waals surface area contributed by atoms with Crippen molar-refractivity contribution in [2.45, 2.75) is 5.12 Å². The van der Waals surface area contributed by atoms with E-state index in [1.165, 1.54) is 0 Å². The van der Waals surface area contributed by atoms with E-state index in [-0.39, 0.29) is 0 Å². The quantitative estimate of drug-likeness (QED) is 0.698. The second-order valence-electron chi connectivity index (χ2n) is 3.51. The first-order chi connectivity index (χ1) is 8.32. The lowest BCUT2D eigenvalue weighted by molar-refractivity contribution is 0.317. The molecule has 7 heteroatoms. The molecule has 0 aliphatic rings. The summed E-state index contributed by atoms with van der Waals surface area (Å²) in [6.45, 7) is 0. The first-order valence-electron chi connectivity index (χ1n) is 4.99. The molecule has 6 nitrogen and oxygen atoms in total. The molecule has 3 heterocycles. The van der Waals surface area contributed by atoms with E-state index in [4.69, 9.17) is 12.6 Å². The number of hydrogen-bond acceptors (Lipinski definition) is 4. The van der Waals surface area contributed by atoms with Crippen LogP contribution in [0.3, 0.4) is 0 Å². The lowest BCUT2D eigenvalue weighted by atomic mass is 10.6. The fourth-order valence-corrected chi connectivity index (χ4v) is 2.06. The first kappa shape index (κ1) is 10.2. The fraction of sp³-hybridized carbons (Fsp3) is 0.100. The van der Waals surface area contributed by atoms with Crippen molar-refractivity contribution in [1.82, 2.24) is 28.7 Å². The Morgan fingerprint density at radius 1 is 0.706 bits per heavy atom. The van der Waals surface area contributed by atoms with Crippen LogP contribution in [0, 0.1) is 0 Å². The molecule has 0 atom stereocenters. The van der Waals surface area contributed by atoms with E-state index in [1.54, 1.807) is 37.6 Å². The fourth-order valence-electron chi connectivity index (χ4n) is 1.71. The van der Waals surface area contributed by atoms with Crippen LogP contribution in [-0.2, 0) is 5.12 Å². The van der Waals surface area contributed by atoms with E-state index in [0.717, 1.165) is 0 Å². The van der Waals surface area contributed by atoms with Gasteiger partial charge in [-0.15, -0.1) is 12.6 Å². The molecule has 0 bridgehead atoms. The largest absolute Gasteiger partial charge is 0.287 e. The molecular formula is C10H10N6S. The van der Waals surface area contributed by atoms with Crippen molar-refractivity contribution in [2.75, 3.05) is 0 Å². The van der Waals surface area contributed by atoms with E-state index in [9.17, 15) is 0 Å². The highest BCUT2D eigenvalue weighted by atomic mass is 32.1. The third kappa shape index (κ3) is 1.47. The Bertz CT molecular complexity index is 484. The highest BCUT2D eigenvalue weighted by Crippen LogP contribution is 2.25. The summed E-state index contributed by atoms with van der Waals surface area (Å²) in [5.74, 6) is 0. The number of thiol groups is 1. The van der Waals surface area contributed by atoms with Gasteiger partial charge >= 0.3 is 0 Å². The normalized spacial score (nSPS) is 11.8. The SMILES string of the molecule is SC(n1ccnc1)(n1ccnc1)n1ccnc1. The molecule has 17 heavy (non-hydrogen) atoms. The van der Waals surface area contributed by atoms with E-state index in [1.807, 2.05) is 32.3 Å². The van der Waals surface area contributed by atoms with Gasteiger partial charge in [-0.3, -0.25) is 13.7 Å². The molecular weight excluding hydrogens is 236 g/mol. The average Bonchev–Trinajstić information content (AvgIpc) is 3.10. The summed E-state index contributed by atoms with van der Waals surface area (Å²) in [6, 6.07) is 0. The molecule has 0 unspecified atom stereocenters. The van der Waals surface area contributed by atoms with Crippen LogP contribution in [0.15, 0.2) is 56.2 Å². The Hall–Kier alpha value is -2.02. The molecule has 0 spiro atoms. The van der Waals surface area contributed by atoms with Gasteiger partial charge in [0.2, 0.25) is 0 Å². The highest BCUT2D eigenvalue weighted by Gasteiger charge is 2.30. The van der Waals surface area contributed by atoms with Crippen LogP contribution >= 0.6 is 12.6 Å². The zero-order valence-corrected chi connectivity index (χ0v) is 9.72. The minimum absolute atomic E-state index is 0.774. The lowest BCUT2D eigenvalue weighted by Crippen LogP contribution is -2.40. The van der Waals surface area contributed by atoms with E-state index >= 15 is 0 Å². The van der Waals surface area contributed by atoms with Crippen LogP contribution in [0.5, 0.6) is 0 Å². The second kappa shape index (κ2) is 3.77. The maximum Gasteiger partial charge on any atom is 0.254 e. The van der Waals surface area contributed by atoms with Crippen molar-refractivity contribution >= 4 is 12.6 Å². The molecule has 0 N–H and O–H groups in total. The summed E-state index contributed by atoms with van der Waals surface area (Å²) in [5.41, 5.74) is 0. The number of rotatable bonds is 3. The van der Waals surface area contributed by atoms with Crippen LogP contribution < -0.4 is 0 Å².